The summed E-state index contributed by atoms with van der Waals surface area (Å²) in [7, 11) is 3.95. The minimum Gasteiger partial charge on any atom is -0.383 e. The Morgan fingerprint density at radius 1 is 0.900 bits per heavy atom. The fraction of sp³-hybridized carbons (Fsp3) is 0.243. The highest BCUT2D eigenvalue weighted by Gasteiger charge is 2.45. The van der Waals surface area contributed by atoms with Gasteiger partial charge in [-0.25, -0.2) is 9.97 Å². The van der Waals surface area contributed by atoms with E-state index < -0.39 is 29.7 Å². The number of carbonyl (C=O) groups excluding carboxylic acids is 4. The SMILES string of the molecule is CN(C)c1ccc(-c2ccc(-c3nc4ccc(NCCOCCNc5cccc6c5C(=O)N(C5CCC(=O)NC5=O)C6=O)cc4s3)cc2)cn1. The Morgan fingerprint density at radius 2 is 1.66 bits per heavy atom. The van der Waals surface area contributed by atoms with Gasteiger partial charge in [0.05, 0.1) is 34.6 Å². The first-order valence-corrected chi connectivity index (χ1v) is 17.1. The van der Waals surface area contributed by atoms with Crippen molar-refractivity contribution in [2.24, 2.45) is 0 Å². The molecule has 50 heavy (non-hydrogen) atoms. The van der Waals surface area contributed by atoms with Crippen molar-refractivity contribution >= 4 is 62.4 Å². The fourth-order valence-corrected chi connectivity index (χ4v) is 7.08. The van der Waals surface area contributed by atoms with E-state index in [0.717, 1.165) is 48.3 Å². The first-order chi connectivity index (χ1) is 24.3. The minimum absolute atomic E-state index is 0.0732. The van der Waals surface area contributed by atoms with Gasteiger partial charge < -0.3 is 20.3 Å². The third-order valence-corrected chi connectivity index (χ3v) is 9.73. The molecule has 0 bridgehead atoms. The van der Waals surface area contributed by atoms with E-state index in [2.05, 4.69) is 57.3 Å². The van der Waals surface area contributed by atoms with Gasteiger partial charge in [-0.05, 0) is 54.4 Å². The standard InChI is InChI=1S/C37H35N7O5S/c1-43(2)31-14-10-24(21-40-31)22-6-8-23(9-7-22)35-41-27-12-11-25(20-30(27)50-35)38-16-18-49-19-17-39-28-5-3-4-26-33(28)37(48)44(36(26)47)29-13-15-32(45)42-34(29)46/h3-12,14,20-21,29,38-39H,13,15-19H2,1-2H3,(H,42,45,46). The molecule has 4 heterocycles. The molecular formula is C37H35N7O5S. The molecule has 0 spiro atoms. The Bertz CT molecular complexity index is 2100. The number of pyridine rings is 1. The zero-order valence-corrected chi connectivity index (χ0v) is 28.4. The number of hydrogen-bond acceptors (Lipinski definition) is 11. The number of carbonyl (C=O) groups is 4. The molecule has 2 aliphatic heterocycles. The molecule has 7 rings (SSSR count). The number of imide groups is 2. The molecule has 4 amide bonds. The highest BCUT2D eigenvalue weighted by atomic mass is 32.1. The summed E-state index contributed by atoms with van der Waals surface area (Å²) in [6, 6.07) is 22.6. The van der Waals surface area contributed by atoms with Crippen LogP contribution in [0.2, 0.25) is 0 Å². The average Bonchev–Trinajstić information content (AvgIpc) is 3.66. The Balaban J connectivity index is 0.884. The van der Waals surface area contributed by atoms with Gasteiger partial charge in [0.1, 0.15) is 16.9 Å². The lowest BCUT2D eigenvalue weighted by Gasteiger charge is -2.27. The number of benzene rings is 3. The van der Waals surface area contributed by atoms with Gasteiger partial charge >= 0.3 is 0 Å². The largest absolute Gasteiger partial charge is 0.383 e. The lowest BCUT2D eigenvalue weighted by molar-refractivity contribution is -0.136. The van der Waals surface area contributed by atoms with Crippen LogP contribution in [0.15, 0.2) is 79.0 Å². The Morgan fingerprint density at radius 3 is 2.40 bits per heavy atom. The zero-order chi connectivity index (χ0) is 34.8. The number of anilines is 3. The third-order valence-electron chi connectivity index (χ3n) is 8.67. The van der Waals surface area contributed by atoms with Crippen LogP contribution in [-0.2, 0) is 14.3 Å². The van der Waals surface area contributed by atoms with E-state index in [9.17, 15) is 19.2 Å². The number of fused-ring (bicyclic) bond motifs is 2. The van der Waals surface area contributed by atoms with Crippen LogP contribution in [0.25, 0.3) is 31.9 Å². The summed E-state index contributed by atoms with van der Waals surface area (Å²) in [5.41, 5.74) is 6.11. The van der Waals surface area contributed by atoms with E-state index >= 15 is 0 Å². The van der Waals surface area contributed by atoms with Crippen molar-refractivity contribution in [2.75, 3.05) is 55.9 Å². The molecule has 13 heteroatoms. The van der Waals surface area contributed by atoms with Gasteiger partial charge in [-0.15, -0.1) is 11.3 Å². The lowest BCUT2D eigenvalue weighted by Crippen LogP contribution is -2.54. The summed E-state index contributed by atoms with van der Waals surface area (Å²) < 4.78 is 6.89. The number of rotatable bonds is 12. The molecule has 1 saturated heterocycles. The molecule has 0 aliphatic carbocycles. The molecule has 3 aromatic carbocycles. The molecule has 0 saturated carbocycles. The van der Waals surface area contributed by atoms with Crippen molar-refractivity contribution in [3.05, 3.63) is 90.1 Å². The summed E-state index contributed by atoms with van der Waals surface area (Å²) >= 11 is 1.65. The van der Waals surface area contributed by atoms with Crippen LogP contribution in [0.3, 0.4) is 0 Å². The van der Waals surface area contributed by atoms with E-state index in [1.165, 1.54) is 0 Å². The van der Waals surface area contributed by atoms with E-state index in [-0.39, 0.29) is 24.0 Å². The number of thiazole rings is 1. The molecule has 2 aromatic heterocycles. The molecule has 1 unspecified atom stereocenters. The van der Waals surface area contributed by atoms with Crippen LogP contribution in [0.1, 0.15) is 33.6 Å². The van der Waals surface area contributed by atoms with Gasteiger partial charge in [0.2, 0.25) is 11.8 Å². The topological polar surface area (TPSA) is 146 Å². The molecule has 5 aromatic rings. The maximum Gasteiger partial charge on any atom is 0.264 e. The predicted octanol–water partition coefficient (Wildman–Crippen LogP) is 5.03. The Labute approximate surface area is 292 Å². The maximum absolute atomic E-state index is 13.3. The second-order valence-corrected chi connectivity index (χ2v) is 13.3. The van der Waals surface area contributed by atoms with Crippen molar-refractivity contribution in [3.8, 4) is 21.7 Å². The Hall–Kier alpha value is -5.66. The summed E-state index contributed by atoms with van der Waals surface area (Å²) in [6.45, 7) is 1.84. The van der Waals surface area contributed by atoms with Crippen LogP contribution in [-0.4, -0.2) is 84.9 Å². The van der Waals surface area contributed by atoms with Gasteiger partial charge in [-0.2, -0.15) is 0 Å². The lowest BCUT2D eigenvalue weighted by atomic mass is 10.0. The smallest absolute Gasteiger partial charge is 0.264 e. The van der Waals surface area contributed by atoms with Crippen LogP contribution in [0.5, 0.6) is 0 Å². The molecule has 0 radical (unpaired) electrons. The minimum atomic E-state index is -1.00. The number of amides is 4. The number of hydrogen-bond donors (Lipinski definition) is 3. The van der Waals surface area contributed by atoms with Crippen LogP contribution in [0, 0.1) is 0 Å². The monoisotopic (exact) mass is 689 g/mol. The summed E-state index contributed by atoms with van der Waals surface area (Å²) in [6.07, 6.45) is 2.08. The van der Waals surface area contributed by atoms with Gasteiger partial charge in [-0.1, -0.05) is 30.3 Å². The fourth-order valence-electron chi connectivity index (χ4n) is 6.07. The number of nitrogens with zero attached hydrogens (tertiary/aromatic N) is 4. The van der Waals surface area contributed by atoms with Crippen molar-refractivity contribution < 1.29 is 23.9 Å². The second kappa shape index (κ2) is 14.1. The molecule has 1 atom stereocenters. The van der Waals surface area contributed by atoms with Gasteiger partial charge in [-0.3, -0.25) is 29.4 Å². The van der Waals surface area contributed by atoms with Crippen LogP contribution < -0.4 is 20.9 Å². The van der Waals surface area contributed by atoms with Crippen LogP contribution >= 0.6 is 11.3 Å². The van der Waals surface area contributed by atoms with Gasteiger partial charge in [0.25, 0.3) is 11.8 Å². The van der Waals surface area contributed by atoms with E-state index in [0.29, 0.717) is 32.0 Å². The quantitative estimate of drug-likeness (QED) is 0.120. The Kier molecular flexibility index (Phi) is 9.24. The van der Waals surface area contributed by atoms with Crippen molar-refractivity contribution in [2.45, 2.75) is 18.9 Å². The molecule has 3 N–H and O–H groups in total. The van der Waals surface area contributed by atoms with E-state index in [4.69, 9.17) is 9.72 Å². The highest BCUT2D eigenvalue weighted by Crippen LogP contribution is 2.34. The highest BCUT2D eigenvalue weighted by molar-refractivity contribution is 7.21. The first-order valence-electron chi connectivity index (χ1n) is 16.3. The molecular weight excluding hydrogens is 655 g/mol. The predicted molar refractivity (Wildman–Crippen MR) is 194 cm³/mol. The maximum atomic E-state index is 13.3. The molecule has 12 nitrogen and oxygen atoms in total. The molecule has 1 fully saturated rings. The summed E-state index contributed by atoms with van der Waals surface area (Å²) in [4.78, 5) is 62.5. The average molecular weight is 690 g/mol. The van der Waals surface area contributed by atoms with E-state index in [1.807, 2.05) is 43.4 Å². The third kappa shape index (κ3) is 6.65. The number of aromatic nitrogens is 2. The van der Waals surface area contributed by atoms with Crippen molar-refractivity contribution in [1.82, 2.24) is 20.2 Å². The van der Waals surface area contributed by atoms with Gasteiger partial charge in [0.15, 0.2) is 0 Å². The van der Waals surface area contributed by atoms with Crippen molar-refractivity contribution in [3.63, 3.8) is 0 Å². The number of ether oxygens (including phenoxy) is 1. The summed E-state index contributed by atoms with van der Waals surface area (Å²) in [5, 5.41) is 9.76. The first kappa shape index (κ1) is 32.9. The number of nitrogens with one attached hydrogen (secondary N) is 3. The number of piperidine rings is 1. The van der Waals surface area contributed by atoms with Crippen LogP contribution in [0.4, 0.5) is 17.2 Å². The normalized spacial score (nSPS) is 15.7. The van der Waals surface area contributed by atoms with Gasteiger partial charge in [0, 0.05) is 62.3 Å². The zero-order valence-electron chi connectivity index (χ0n) is 27.6. The second-order valence-electron chi connectivity index (χ2n) is 12.2. The molecule has 2 aliphatic rings. The molecule has 254 valence electrons. The van der Waals surface area contributed by atoms with Crippen molar-refractivity contribution in [1.29, 1.82) is 0 Å². The summed E-state index contributed by atoms with van der Waals surface area (Å²) in [5.74, 6) is -1.20. The van der Waals surface area contributed by atoms with E-state index in [1.54, 1.807) is 29.5 Å².